The molecule has 14 heavy (non-hydrogen) atoms. The summed E-state index contributed by atoms with van der Waals surface area (Å²) in [5.41, 5.74) is 5.31. The van der Waals surface area contributed by atoms with Gasteiger partial charge in [-0.1, -0.05) is 0 Å². The Bertz CT molecular complexity index is 400. The Morgan fingerprint density at radius 3 is 2.71 bits per heavy atom. The van der Waals surface area contributed by atoms with Gasteiger partial charge in [0.1, 0.15) is 9.84 Å². The van der Waals surface area contributed by atoms with Gasteiger partial charge >= 0.3 is 0 Å². The molecule has 0 bridgehead atoms. The van der Waals surface area contributed by atoms with Crippen LogP contribution in [0.3, 0.4) is 0 Å². The molecule has 80 valence electrons. The van der Waals surface area contributed by atoms with Gasteiger partial charge in [0.25, 0.3) is 0 Å². The number of nitrogens with zero attached hydrogens (tertiary/aromatic N) is 2. The largest absolute Gasteiger partial charge is 0.367 e. The highest BCUT2D eigenvalue weighted by molar-refractivity contribution is 7.90. The third-order valence-electron chi connectivity index (χ3n) is 1.36. The van der Waals surface area contributed by atoms with Crippen LogP contribution >= 0.6 is 11.5 Å². The molecule has 1 unspecified atom stereocenters. The second kappa shape index (κ2) is 4.09. The Morgan fingerprint density at radius 1 is 1.64 bits per heavy atom. The number of anilines is 2. The molecular formula is C6H12N4O2S2. The summed E-state index contributed by atoms with van der Waals surface area (Å²) in [4.78, 5) is 3.86. The third-order valence-corrected chi connectivity index (χ3v) is 3.13. The van der Waals surface area contributed by atoms with Crippen LogP contribution in [0, 0.1) is 0 Å². The summed E-state index contributed by atoms with van der Waals surface area (Å²) in [6.45, 7) is 1.76. The van der Waals surface area contributed by atoms with E-state index >= 15 is 0 Å². The average Bonchev–Trinajstić information content (AvgIpc) is 2.30. The van der Waals surface area contributed by atoms with Gasteiger partial charge in [0.15, 0.2) is 0 Å². The number of nitrogens with two attached hydrogens (primary N) is 1. The number of nitrogens with one attached hydrogen (secondary N) is 1. The van der Waals surface area contributed by atoms with E-state index in [1.54, 1.807) is 6.92 Å². The molecule has 0 amide bonds. The van der Waals surface area contributed by atoms with Crippen molar-refractivity contribution >= 4 is 32.4 Å². The minimum Gasteiger partial charge on any atom is -0.367 e. The van der Waals surface area contributed by atoms with E-state index in [4.69, 9.17) is 5.73 Å². The monoisotopic (exact) mass is 236 g/mol. The molecule has 0 saturated heterocycles. The topological polar surface area (TPSA) is 98.0 Å². The fourth-order valence-electron chi connectivity index (χ4n) is 1.00. The molecule has 0 aliphatic rings. The van der Waals surface area contributed by atoms with Crippen molar-refractivity contribution in [1.82, 2.24) is 9.36 Å². The molecule has 1 aromatic rings. The number of nitrogen functional groups attached to an aromatic ring is 1. The molecule has 1 rings (SSSR count). The second-order valence-electron chi connectivity index (χ2n) is 3.10. The van der Waals surface area contributed by atoms with Gasteiger partial charge < -0.3 is 11.1 Å². The first kappa shape index (κ1) is 11.2. The molecule has 0 saturated carbocycles. The van der Waals surface area contributed by atoms with Crippen LogP contribution in [0.2, 0.25) is 0 Å². The van der Waals surface area contributed by atoms with E-state index in [0.29, 0.717) is 5.13 Å². The number of rotatable bonds is 4. The summed E-state index contributed by atoms with van der Waals surface area (Å²) in [6, 6.07) is -0.197. The smallest absolute Gasteiger partial charge is 0.233 e. The lowest BCUT2D eigenvalue weighted by Gasteiger charge is -2.10. The van der Waals surface area contributed by atoms with Crippen LogP contribution in [0.5, 0.6) is 0 Å². The zero-order valence-electron chi connectivity index (χ0n) is 7.89. The maximum Gasteiger partial charge on any atom is 0.233 e. The SMILES string of the molecule is CC(CS(C)(=O)=O)Nc1nc(N)ns1. The summed E-state index contributed by atoms with van der Waals surface area (Å²) < 4.78 is 25.6. The Morgan fingerprint density at radius 2 is 2.29 bits per heavy atom. The van der Waals surface area contributed by atoms with Crippen LogP contribution in [0.1, 0.15) is 6.92 Å². The van der Waals surface area contributed by atoms with Gasteiger partial charge in [-0.3, -0.25) is 0 Å². The molecule has 0 fully saturated rings. The molecule has 1 atom stereocenters. The highest BCUT2D eigenvalue weighted by Gasteiger charge is 2.11. The van der Waals surface area contributed by atoms with E-state index < -0.39 is 9.84 Å². The number of sulfone groups is 1. The van der Waals surface area contributed by atoms with E-state index in [2.05, 4.69) is 14.7 Å². The van der Waals surface area contributed by atoms with Crippen molar-refractivity contribution in [1.29, 1.82) is 0 Å². The fraction of sp³-hybridized carbons (Fsp3) is 0.667. The molecule has 1 aromatic heterocycles. The van der Waals surface area contributed by atoms with Crippen LogP contribution in [-0.4, -0.2) is 35.8 Å². The van der Waals surface area contributed by atoms with Crippen molar-refractivity contribution in [2.75, 3.05) is 23.1 Å². The summed E-state index contributed by atoms with van der Waals surface area (Å²) >= 11 is 1.11. The Kier molecular flexibility index (Phi) is 3.27. The first-order chi connectivity index (χ1) is 6.37. The lowest BCUT2D eigenvalue weighted by atomic mass is 10.4. The Balaban J connectivity index is 2.53. The highest BCUT2D eigenvalue weighted by Crippen LogP contribution is 2.13. The number of hydrogen-bond donors (Lipinski definition) is 2. The lowest BCUT2D eigenvalue weighted by Crippen LogP contribution is -2.24. The van der Waals surface area contributed by atoms with Gasteiger partial charge in [-0.05, 0) is 6.92 Å². The Hall–Kier alpha value is -0.890. The van der Waals surface area contributed by atoms with Crippen molar-refractivity contribution < 1.29 is 8.42 Å². The third kappa shape index (κ3) is 3.88. The van der Waals surface area contributed by atoms with Crippen molar-refractivity contribution in [3.63, 3.8) is 0 Å². The van der Waals surface area contributed by atoms with Gasteiger partial charge in [-0.15, -0.1) is 0 Å². The first-order valence-corrected chi connectivity index (χ1v) is 6.73. The van der Waals surface area contributed by atoms with Gasteiger partial charge in [0.05, 0.1) is 5.75 Å². The molecule has 6 nitrogen and oxygen atoms in total. The quantitative estimate of drug-likeness (QED) is 0.761. The molecule has 0 radical (unpaired) electrons. The van der Waals surface area contributed by atoms with Crippen molar-refractivity contribution in [3.8, 4) is 0 Å². The molecule has 0 spiro atoms. The van der Waals surface area contributed by atoms with Gasteiger partial charge in [0.2, 0.25) is 11.1 Å². The molecule has 0 aliphatic carbocycles. The minimum absolute atomic E-state index is 0.0620. The van der Waals surface area contributed by atoms with Crippen LogP contribution in [0.15, 0.2) is 0 Å². The molecule has 8 heteroatoms. The highest BCUT2D eigenvalue weighted by atomic mass is 32.2. The summed E-state index contributed by atoms with van der Waals surface area (Å²) in [7, 11) is -2.97. The number of aromatic nitrogens is 2. The van der Waals surface area contributed by atoms with Crippen molar-refractivity contribution in [2.24, 2.45) is 0 Å². The lowest BCUT2D eigenvalue weighted by molar-refractivity contribution is 0.598. The zero-order chi connectivity index (χ0) is 10.8. The minimum atomic E-state index is -2.97. The van der Waals surface area contributed by atoms with E-state index in [1.165, 1.54) is 6.26 Å². The van der Waals surface area contributed by atoms with E-state index in [9.17, 15) is 8.42 Å². The van der Waals surface area contributed by atoms with E-state index in [0.717, 1.165) is 11.5 Å². The first-order valence-electron chi connectivity index (χ1n) is 3.90. The van der Waals surface area contributed by atoms with Crippen LogP contribution in [-0.2, 0) is 9.84 Å². The molecule has 3 N–H and O–H groups in total. The summed E-state index contributed by atoms with van der Waals surface area (Å²) in [5, 5.41) is 3.45. The van der Waals surface area contributed by atoms with Crippen LogP contribution in [0.4, 0.5) is 11.1 Å². The van der Waals surface area contributed by atoms with Crippen LogP contribution < -0.4 is 11.1 Å². The molecule has 1 heterocycles. The zero-order valence-corrected chi connectivity index (χ0v) is 9.52. The standard InChI is InChI=1S/C6H12N4O2S2/c1-4(3-14(2,11)12)8-6-9-5(7)10-13-6/h4H,3H2,1-2H3,(H3,7,8,9,10). The van der Waals surface area contributed by atoms with Gasteiger partial charge in [-0.2, -0.15) is 9.36 Å². The molecular weight excluding hydrogens is 224 g/mol. The number of hydrogen-bond acceptors (Lipinski definition) is 7. The maximum absolute atomic E-state index is 10.9. The predicted molar refractivity (Wildman–Crippen MR) is 57.1 cm³/mol. The summed E-state index contributed by atoms with van der Waals surface area (Å²) in [6.07, 6.45) is 1.19. The normalized spacial score (nSPS) is 13.9. The van der Waals surface area contributed by atoms with Gasteiger partial charge in [0, 0.05) is 23.8 Å². The van der Waals surface area contributed by atoms with E-state index in [-0.39, 0.29) is 17.7 Å². The van der Waals surface area contributed by atoms with E-state index in [1.807, 2.05) is 0 Å². The van der Waals surface area contributed by atoms with Gasteiger partial charge in [-0.25, -0.2) is 8.42 Å². The maximum atomic E-state index is 10.9. The predicted octanol–water partition coefficient (Wildman–Crippen LogP) is -0.0347. The fourth-order valence-corrected chi connectivity index (χ4v) is 2.60. The van der Waals surface area contributed by atoms with Crippen molar-refractivity contribution in [3.05, 3.63) is 0 Å². The second-order valence-corrected chi connectivity index (χ2v) is 6.03. The average molecular weight is 236 g/mol. The summed E-state index contributed by atoms with van der Waals surface area (Å²) in [5.74, 6) is 0.260. The molecule has 0 aliphatic heterocycles. The van der Waals surface area contributed by atoms with Crippen LogP contribution in [0.25, 0.3) is 0 Å². The molecule has 0 aromatic carbocycles. The van der Waals surface area contributed by atoms with Crippen molar-refractivity contribution in [2.45, 2.75) is 13.0 Å². The Labute approximate surface area is 86.6 Å².